The van der Waals surface area contributed by atoms with Gasteiger partial charge in [-0.2, -0.15) is 0 Å². The number of anilines is 1. The summed E-state index contributed by atoms with van der Waals surface area (Å²) >= 11 is 0. The largest absolute Gasteiger partial charge is 0.383 e. The molecule has 0 radical (unpaired) electrons. The third-order valence-electron chi connectivity index (χ3n) is 3.03. The molecule has 1 aromatic carbocycles. The van der Waals surface area contributed by atoms with Crippen molar-refractivity contribution in [3.8, 4) is 0 Å². The predicted octanol–water partition coefficient (Wildman–Crippen LogP) is 2.57. The monoisotopic (exact) mass is 236 g/mol. The molecule has 0 aliphatic carbocycles. The number of hydrogen-bond acceptors (Lipinski definition) is 3. The van der Waals surface area contributed by atoms with Crippen molar-refractivity contribution in [3.63, 3.8) is 0 Å². The van der Waals surface area contributed by atoms with Crippen LogP contribution in [0.5, 0.6) is 0 Å². The number of nitrogens with two attached hydrogens (primary N) is 1. The van der Waals surface area contributed by atoms with Gasteiger partial charge in [0.05, 0.1) is 6.61 Å². The molecule has 96 valence electrons. The quantitative estimate of drug-likeness (QED) is 0.825. The first-order chi connectivity index (χ1) is 8.10. The molecular formula is C14H24N2O. The van der Waals surface area contributed by atoms with Gasteiger partial charge in [-0.05, 0) is 38.5 Å². The fourth-order valence-corrected chi connectivity index (χ4v) is 2.05. The SMILES string of the molecule is CCN(c1ccc(C(C)N)cc1)C(C)COC. The van der Waals surface area contributed by atoms with Gasteiger partial charge in [-0.1, -0.05) is 12.1 Å². The van der Waals surface area contributed by atoms with E-state index in [1.807, 2.05) is 6.92 Å². The van der Waals surface area contributed by atoms with E-state index < -0.39 is 0 Å². The number of rotatable bonds is 6. The van der Waals surface area contributed by atoms with Crippen LogP contribution in [0.15, 0.2) is 24.3 Å². The molecule has 2 atom stereocenters. The van der Waals surface area contributed by atoms with Gasteiger partial charge in [0.1, 0.15) is 0 Å². The summed E-state index contributed by atoms with van der Waals surface area (Å²) in [4.78, 5) is 2.33. The van der Waals surface area contributed by atoms with Crippen LogP contribution in [-0.2, 0) is 4.74 Å². The number of benzene rings is 1. The van der Waals surface area contributed by atoms with E-state index in [0.29, 0.717) is 6.04 Å². The van der Waals surface area contributed by atoms with Crippen LogP contribution in [0.3, 0.4) is 0 Å². The minimum absolute atomic E-state index is 0.0931. The summed E-state index contributed by atoms with van der Waals surface area (Å²) in [6.07, 6.45) is 0. The molecule has 3 nitrogen and oxygen atoms in total. The second-order valence-corrected chi connectivity index (χ2v) is 4.47. The van der Waals surface area contributed by atoms with Crippen molar-refractivity contribution in [2.75, 3.05) is 25.2 Å². The first-order valence-electron chi connectivity index (χ1n) is 6.21. The molecule has 0 fully saturated rings. The van der Waals surface area contributed by atoms with E-state index in [1.54, 1.807) is 7.11 Å². The summed E-state index contributed by atoms with van der Waals surface area (Å²) in [5, 5.41) is 0. The molecule has 3 heteroatoms. The van der Waals surface area contributed by atoms with E-state index in [9.17, 15) is 0 Å². The van der Waals surface area contributed by atoms with Crippen LogP contribution in [0, 0.1) is 0 Å². The number of ether oxygens (including phenoxy) is 1. The van der Waals surface area contributed by atoms with Crippen molar-refractivity contribution >= 4 is 5.69 Å². The molecule has 0 saturated heterocycles. The minimum Gasteiger partial charge on any atom is -0.383 e. The molecule has 1 aromatic rings. The molecule has 2 N–H and O–H groups in total. The highest BCUT2D eigenvalue weighted by Gasteiger charge is 2.12. The molecule has 0 aromatic heterocycles. The molecule has 0 aliphatic rings. The number of likely N-dealkylation sites (N-methyl/N-ethyl adjacent to an activating group) is 1. The molecule has 0 spiro atoms. The average molecular weight is 236 g/mol. The predicted molar refractivity (Wildman–Crippen MR) is 73.4 cm³/mol. The van der Waals surface area contributed by atoms with Crippen molar-refractivity contribution in [2.24, 2.45) is 5.73 Å². The van der Waals surface area contributed by atoms with Crippen LogP contribution in [0.25, 0.3) is 0 Å². The van der Waals surface area contributed by atoms with Crippen molar-refractivity contribution in [3.05, 3.63) is 29.8 Å². The molecule has 0 aliphatic heterocycles. The molecule has 2 unspecified atom stereocenters. The topological polar surface area (TPSA) is 38.5 Å². The Morgan fingerprint density at radius 1 is 1.24 bits per heavy atom. The molecular weight excluding hydrogens is 212 g/mol. The first-order valence-corrected chi connectivity index (χ1v) is 6.21. The van der Waals surface area contributed by atoms with Crippen molar-refractivity contribution < 1.29 is 4.74 Å². The Morgan fingerprint density at radius 2 is 1.82 bits per heavy atom. The van der Waals surface area contributed by atoms with Crippen LogP contribution >= 0.6 is 0 Å². The molecule has 0 saturated carbocycles. The highest BCUT2D eigenvalue weighted by molar-refractivity contribution is 5.48. The van der Waals surface area contributed by atoms with E-state index in [-0.39, 0.29) is 6.04 Å². The number of nitrogens with zero attached hydrogens (tertiary/aromatic N) is 1. The van der Waals surface area contributed by atoms with E-state index in [2.05, 4.69) is 43.0 Å². The van der Waals surface area contributed by atoms with Gasteiger partial charge >= 0.3 is 0 Å². The zero-order chi connectivity index (χ0) is 12.8. The summed E-state index contributed by atoms with van der Waals surface area (Å²) in [6.45, 7) is 8.04. The lowest BCUT2D eigenvalue weighted by atomic mass is 10.1. The van der Waals surface area contributed by atoms with Crippen LogP contribution in [-0.4, -0.2) is 26.3 Å². The second kappa shape index (κ2) is 6.62. The molecule has 0 amide bonds. The third-order valence-corrected chi connectivity index (χ3v) is 3.03. The molecule has 1 rings (SSSR count). The number of methoxy groups -OCH3 is 1. The Kier molecular flexibility index (Phi) is 5.45. The van der Waals surface area contributed by atoms with Gasteiger partial charge in [-0.25, -0.2) is 0 Å². The smallest absolute Gasteiger partial charge is 0.0663 e. The maximum atomic E-state index is 5.85. The number of hydrogen-bond donors (Lipinski definition) is 1. The lowest BCUT2D eigenvalue weighted by Crippen LogP contribution is -2.36. The minimum atomic E-state index is 0.0931. The lowest BCUT2D eigenvalue weighted by molar-refractivity contribution is 0.182. The molecule has 0 heterocycles. The van der Waals surface area contributed by atoms with Crippen LogP contribution in [0.1, 0.15) is 32.4 Å². The maximum absolute atomic E-state index is 5.85. The fourth-order valence-electron chi connectivity index (χ4n) is 2.05. The zero-order valence-electron chi connectivity index (χ0n) is 11.3. The lowest BCUT2D eigenvalue weighted by Gasteiger charge is -2.30. The van der Waals surface area contributed by atoms with Gasteiger partial charge in [0.25, 0.3) is 0 Å². The average Bonchev–Trinajstić information content (AvgIpc) is 2.31. The highest BCUT2D eigenvalue weighted by Crippen LogP contribution is 2.20. The Morgan fingerprint density at radius 3 is 2.24 bits per heavy atom. The second-order valence-electron chi connectivity index (χ2n) is 4.47. The zero-order valence-corrected chi connectivity index (χ0v) is 11.3. The van der Waals surface area contributed by atoms with Gasteiger partial charge < -0.3 is 15.4 Å². The fraction of sp³-hybridized carbons (Fsp3) is 0.571. The summed E-state index contributed by atoms with van der Waals surface area (Å²) in [7, 11) is 1.74. The van der Waals surface area contributed by atoms with Crippen molar-refractivity contribution in [2.45, 2.75) is 32.9 Å². The molecule has 17 heavy (non-hydrogen) atoms. The third kappa shape index (κ3) is 3.72. The summed E-state index contributed by atoms with van der Waals surface area (Å²) in [5.41, 5.74) is 8.24. The van der Waals surface area contributed by atoms with Crippen molar-refractivity contribution in [1.29, 1.82) is 0 Å². The Bertz CT molecular complexity index is 321. The highest BCUT2D eigenvalue weighted by atomic mass is 16.5. The standard InChI is InChI=1S/C14H24N2O/c1-5-16(11(2)10-17-4)14-8-6-13(7-9-14)12(3)15/h6-9,11-12H,5,10,15H2,1-4H3. The Hall–Kier alpha value is -1.06. The molecule has 0 bridgehead atoms. The van der Waals surface area contributed by atoms with E-state index >= 15 is 0 Å². The summed E-state index contributed by atoms with van der Waals surface area (Å²) in [5.74, 6) is 0. The van der Waals surface area contributed by atoms with E-state index in [0.717, 1.165) is 13.2 Å². The normalized spacial score (nSPS) is 14.4. The van der Waals surface area contributed by atoms with Gasteiger partial charge in [-0.3, -0.25) is 0 Å². The summed E-state index contributed by atoms with van der Waals surface area (Å²) in [6, 6.07) is 8.94. The Labute approximate surface area is 105 Å². The van der Waals surface area contributed by atoms with E-state index in [4.69, 9.17) is 10.5 Å². The van der Waals surface area contributed by atoms with Crippen LogP contribution < -0.4 is 10.6 Å². The van der Waals surface area contributed by atoms with E-state index in [1.165, 1.54) is 11.3 Å². The van der Waals surface area contributed by atoms with Gasteiger partial charge in [0.2, 0.25) is 0 Å². The van der Waals surface area contributed by atoms with Gasteiger partial charge in [-0.15, -0.1) is 0 Å². The maximum Gasteiger partial charge on any atom is 0.0663 e. The Balaban J connectivity index is 2.82. The van der Waals surface area contributed by atoms with Crippen LogP contribution in [0.4, 0.5) is 5.69 Å². The van der Waals surface area contributed by atoms with Gasteiger partial charge in [0.15, 0.2) is 0 Å². The first kappa shape index (κ1) is 14.0. The van der Waals surface area contributed by atoms with Crippen molar-refractivity contribution in [1.82, 2.24) is 0 Å². The van der Waals surface area contributed by atoms with Crippen LogP contribution in [0.2, 0.25) is 0 Å². The summed E-state index contributed by atoms with van der Waals surface area (Å²) < 4.78 is 5.21. The van der Waals surface area contributed by atoms with Gasteiger partial charge in [0, 0.05) is 31.4 Å².